The van der Waals surface area contributed by atoms with E-state index in [4.69, 9.17) is 9.47 Å². The fraction of sp³-hybridized carbons (Fsp3) is 0.562. The normalized spacial score (nSPS) is 11.2. The first kappa shape index (κ1) is 18.6. The van der Waals surface area contributed by atoms with Crippen molar-refractivity contribution in [1.82, 2.24) is 15.1 Å². The van der Waals surface area contributed by atoms with Gasteiger partial charge in [0.2, 0.25) is 0 Å². The smallest absolute Gasteiger partial charge is 0.435 e. The summed E-state index contributed by atoms with van der Waals surface area (Å²) in [6.07, 6.45) is 1.81. The summed E-state index contributed by atoms with van der Waals surface area (Å²) in [4.78, 5) is 23.2. The zero-order valence-electron chi connectivity index (χ0n) is 14.4. The topological polar surface area (TPSA) is 82.5 Å². The monoisotopic (exact) mass is 321 g/mol. The third-order valence-corrected chi connectivity index (χ3v) is 2.12. The molecule has 0 aliphatic heterocycles. The SMILES string of the molecule is CC(C)(C)OC(=O)NCC#Cc1cnn(C(=O)OC(C)(C)C)c1. The van der Waals surface area contributed by atoms with E-state index in [1.165, 1.54) is 12.4 Å². The molecule has 1 heterocycles. The zero-order chi connectivity index (χ0) is 17.7. The summed E-state index contributed by atoms with van der Waals surface area (Å²) in [5.41, 5.74) is -0.597. The van der Waals surface area contributed by atoms with E-state index in [1.807, 2.05) is 0 Å². The van der Waals surface area contributed by atoms with E-state index in [2.05, 4.69) is 22.3 Å². The first-order valence-electron chi connectivity index (χ1n) is 7.20. The first-order valence-corrected chi connectivity index (χ1v) is 7.20. The van der Waals surface area contributed by atoms with Gasteiger partial charge in [0.25, 0.3) is 0 Å². The third-order valence-electron chi connectivity index (χ3n) is 2.12. The Morgan fingerprint density at radius 3 is 2.35 bits per heavy atom. The number of carbonyl (C=O) groups excluding carboxylic acids is 2. The van der Waals surface area contributed by atoms with Crippen LogP contribution in [0.4, 0.5) is 9.59 Å². The maximum Gasteiger partial charge on any atom is 0.435 e. The number of rotatable bonds is 1. The molecular formula is C16H23N3O4. The van der Waals surface area contributed by atoms with Gasteiger partial charge in [0, 0.05) is 0 Å². The molecule has 1 N–H and O–H groups in total. The molecule has 1 aromatic heterocycles. The van der Waals surface area contributed by atoms with E-state index in [-0.39, 0.29) is 6.54 Å². The minimum Gasteiger partial charge on any atom is -0.444 e. The molecule has 0 aliphatic carbocycles. The molecule has 1 amide bonds. The van der Waals surface area contributed by atoms with Crippen molar-refractivity contribution < 1.29 is 19.1 Å². The maximum atomic E-state index is 11.8. The molecule has 23 heavy (non-hydrogen) atoms. The fourth-order valence-corrected chi connectivity index (χ4v) is 1.37. The van der Waals surface area contributed by atoms with Crippen LogP contribution in [0, 0.1) is 11.8 Å². The fourth-order valence-electron chi connectivity index (χ4n) is 1.37. The third kappa shape index (κ3) is 7.90. The van der Waals surface area contributed by atoms with Crippen LogP contribution in [0.15, 0.2) is 12.4 Å². The molecular weight excluding hydrogens is 298 g/mol. The van der Waals surface area contributed by atoms with Crippen molar-refractivity contribution in [2.24, 2.45) is 0 Å². The highest BCUT2D eigenvalue weighted by Gasteiger charge is 2.18. The molecule has 0 aromatic carbocycles. The van der Waals surface area contributed by atoms with Crippen LogP contribution in [-0.2, 0) is 9.47 Å². The van der Waals surface area contributed by atoms with E-state index < -0.39 is 23.4 Å². The van der Waals surface area contributed by atoms with Crippen LogP contribution in [-0.4, -0.2) is 39.7 Å². The lowest BCUT2D eigenvalue weighted by atomic mass is 10.2. The lowest BCUT2D eigenvalue weighted by Crippen LogP contribution is -2.32. The highest BCUT2D eigenvalue weighted by molar-refractivity contribution is 5.70. The number of amides is 1. The highest BCUT2D eigenvalue weighted by Crippen LogP contribution is 2.09. The Morgan fingerprint density at radius 2 is 1.78 bits per heavy atom. The second-order valence-corrected chi connectivity index (χ2v) is 6.81. The summed E-state index contributed by atoms with van der Waals surface area (Å²) in [5, 5.41) is 6.41. The second kappa shape index (κ2) is 7.18. The van der Waals surface area contributed by atoms with Crippen molar-refractivity contribution in [1.29, 1.82) is 0 Å². The number of ether oxygens (including phenoxy) is 2. The van der Waals surface area contributed by atoms with E-state index >= 15 is 0 Å². The molecule has 0 radical (unpaired) electrons. The van der Waals surface area contributed by atoms with Crippen LogP contribution in [0.25, 0.3) is 0 Å². The van der Waals surface area contributed by atoms with Crippen LogP contribution in [0.2, 0.25) is 0 Å². The lowest BCUT2D eigenvalue weighted by molar-refractivity contribution is 0.0509. The molecule has 0 saturated heterocycles. The summed E-state index contributed by atoms with van der Waals surface area (Å²) >= 11 is 0. The van der Waals surface area contributed by atoms with Gasteiger partial charge in [0.05, 0.1) is 24.5 Å². The van der Waals surface area contributed by atoms with Crippen LogP contribution in [0.3, 0.4) is 0 Å². The minimum absolute atomic E-state index is 0.131. The molecule has 0 spiro atoms. The van der Waals surface area contributed by atoms with Gasteiger partial charge in [-0.2, -0.15) is 9.78 Å². The molecule has 0 atom stereocenters. The Balaban J connectivity index is 2.52. The number of nitrogens with zero attached hydrogens (tertiary/aromatic N) is 2. The summed E-state index contributed by atoms with van der Waals surface area (Å²) in [7, 11) is 0. The molecule has 0 aliphatic rings. The largest absolute Gasteiger partial charge is 0.444 e. The molecule has 126 valence electrons. The van der Waals surface area contributed by atoms with Crippen molar-refractivity contribution in [3.05, 3.63) is 18.0 Å². The van der Waals surface area contributed by atoms with Gasteiger partial charge < -0.3 is 14.8 Å². The van der Waals surface area contributed by atoms with E-state index in [0.717, 1.165) is 4.68 Å². The molecule has 0 saturated carbocycles. The summed E-state index contributed by atoms with van der Waals surface area (Å²) in [5.74, 6) is 5.54. The van der Waals surface area contributed by atoms with Gasteiger partial charge >= 0.3 is 12.2 Å². The molecule has 0 unspecified atom stereocenters. The average molecular weight is 321 g/mol. The number of alkyl carbamates (subject to hydrolysis) is 1. The zero-order valence-corrected chi connectivity index (χ0v) is 14.4. The van der Waals surface area contributed by atoms with Gasteiger partial charge in [-0.05, 0) is 41.5 Å². The van der Waals surface area contributed by atoms with Gasteiger partial charge in [0.15, 0.2) is 0 Å². The van der Waals surface area contributed by atoms with Crippen molar-refractivity contribution in [3.63, 3.8) is 0 Å². The molecule has 0 bridgehead atoms. The number of carbonyl (C=O) groups is 2. The van der Waals surface area contributed by atoms with Gasteiger partial charge in [0.1, 0.15) is 11.2 Å². The quantitative estimate of drug-likeness (QED) is 0.804. The predicted molar refractivity (Wildman–Crippen MR) is 85.0 cm³/mol. The van der Waals surface area contributed by atoms with E-state index in [1.54, 1.807) is 41.5 Å². The molecule has 0 fully saturated rings. The van der Waals surface area contributed by atoms with E-state index in [0.29, 0.717) is 5.56 Å². The van der Waals surface area contributed by atoms with E-state index in [9.17, 15) is 9.59 Å². The lowest BCUT2D eigenvalue weighted by Gasteiger charge is -2.18. The standard InChI is InChI=1S/C16H23N3O4/c1-15(2,3)22-13(20)17-9-7-8-12-10-18-19(11-12)14(21)23-16(4,5)6/h10-11H,9H2,1-6H3,(H,17,20). The Hall–Kier alpha value is -2.49. The van der Waals surface area contributed by atoms with Crippen molar-refractivity contribution >= 4 is 12.2 Å². The Kier molecular flexibility index (Phi) is 5.79. The Bertz CT molecular complexity index is 624. The molecule has 1 rings (SSSR count). The Labute approximate surface area is 136 Å². The number of hydrogen-bond donors (Lipinski definition) is 1. The van der Waals surface area contributed by atoms with Crippen molar-refractivity contribution in [2.45, 2.75) is 52.7 Å². The summed E-state index contributed by atoms with van der Waals surface area (Å²) < 4.78 is 11.3. The number of aromatic nitrogens is 2. The van der Waals surface area contributed by atoms with Crippen molar-refractivity contribution in [2.75, 3.05) is 6.54 Å². The maximum absolute atomic E-state index is 11.8. The minimum atomic E-state index is -0.591. The van der Waals surface area contributed by atoms with Gasteiger partial charge in [-0.15, -0.1) is 0 Å². The van der Waals surface area contributed by atoms with Crippen LogP contribution < -0.4 is 5.32 Å². The number of hydrogen-bond acceptors (Lipinski definition) is 5. The number of nitrogens with one attached hydrogen (secondary N) is 1. The first-order chi connectivity index (χ1) is 10.5. The second-order valence-electron chi connectivity index (χ2n) is 6.81. The van der Waals surface area contributed by atoms with Crippen LogP contribution >= 0.6 is 0 Å². The van der Waals surface area contributed by atoms with Crippen LogP contribution in [0.1, 0.15) is 47.1 Å². The summed E-state index contributed by atoms with van der Waals surface area (Å²) in [6, 6.07) is 0. The van der Waals surface area contributed by atoms with Gasteiger partial charge in [-0.3, -0.25) is 0 Å². The average Bonchev–Trinajstić information content (AvgIpc) is 2.79. The Morgan fingerprint density at radius 1 is 1.17 bits per heavy atom. The highest BCUT2D eigenvalue weighted by atomic mass is 16.6. The van der Waals surface area contributed by atoms with Crippen LogP contribution in [0.5, 0.6) is 0 Å². The summed E-state index contributed by atoms with van der Waals surface area (Å²) in [6.45, 7) is 10.8. The molecule has 7 heteroatoms. The predicted octanol–water partition coefficient (Wildman–Crippen LogP) is 2.54. The van der Waals surface area contributed by atoms with Gasteiger partial charge in [-0.1, -0.05) is 11.8 Å². The van der Waals surface area contributed by atoms with Gasteiger partial charge in [-0.25, -0.2) is 9.59 Å². The molecule has 7 nitrogen and oxygen atoms in total. The molecule has 1 aromatic rings. The van der Waals surface area contributed by atoms with Crippen molar-refractivity contribution in [3.8, 4) is 11.8 Å².